The van der Waals surface area contributed by atoms with E-state index in [1.54, 1.807) is 0 Å². The van der Waals surface area contributed by atoms with Crippen molar-refractivity contribution in [1.82, 2.24) is 20.0 Å². The molecule has 3 heterocycles. The van der Waals surface area contributed by atoms with Gasteiger partial charge in [0.2, 0.25) is 0 Å². The van der Waals surface area contributed by atoms with Gasteiger partial charge < -0.3 is 19.8 Å². The number of aryl methyl sites for hydroxylation is 1. The van der Waals surface area contributed by atoms with E-state index in [9.17, 15) is 0 Å². The van der Waals surface area contributed by atoms with E-state index in [4.69, 9.17) is 14.7 Å². The molecular weight excluding hydrogens is 441 g/mol. The normalized spacial score (nSPS) is 20.2. The van der Waals surface area contributed by atoms with Crippen LogP contribution in [0.2, 0.25) is 0 Å². The molecule has 0 aromatic carbocycles. The minimum atomic E-state index is -0.110. The van der Waals surface area contributed by atoms with E-state index in [0.29, 0.717) is 6.54 Å². The number of fused-ring (bicyclic) bond motifs is 1. The zero-order valence-corrected chi connectivity index (χ0v) is 18.2. The number of imidazole rings is 1. The first-order chi connectivity index (χ1) is 12.1. The maximum absolute atomic E-state index is 5.81. The van der Waals surface area contributed by atoms with Crippen LogP contribution in [0.15, 0.2) is 29.5 Å². The van der Waals surface area contributed by atoms with Crippen LogP contribution in [0.5, 0.6) is 0 Å². The number of ether oxygens (including phenoxy) is 1. The molecule has 1 unspecified atom stereocenters. The average Bonchev–Trinajstić information content (AvgIpc) is 3.20. The van der Waals surface area contributed by atoms with E-state index in [1.165, 1.54) is 5.56 Å². The van der Waals surface area contributed by atoms with Gasteiger partial charge in [0.05, 0.1) is 17.8 Å². The number of aliphatic imine (C=N–C) groups is 1. The van der Waals surface area contributed by atoms with Gasteiger partial charge in [-0.2, -0.15) is 0 Å². The summed E-state index contributed by atoms with van der Waals surface area (Å²) in [6.45, 7) is 9.50. The molecule has 0 radical (unpaired) electrons. The van der Waals surface area contributed by atoms with Gasteiger partial charge in [-0.15, -0.1) is 24.0 Å². The Labute approximate surface area is 172 Å². The number of hydrogen-bond acceptors (Lipinski definition) is 3. The Morgan fingerprint density at radius 1 is 1.42 bits per heavy atom. The zero-order valence-electron chi connectivity index (χ0n) is 15.9. The summed E-state index contributed by atoms with van der Waals surface area (Å²) >= 11 is 0. The molecule has 0 saturated carbocycles. The van der Waals surface area contributed by atoms with Gasteiger partial charge in [-0.05, 0) is 45.2 Å². The highest BCUT2D eigenvalue weighted by molar-refractivity contribution is 14.0. The first-order valence-electron chi connectivity index (χ1n) is 9.19. The smallest absolute Gasteiger partial charge is 0.191 e. The first-order valence-corrected chi connectivity index (χ1v) is 9.19. The molecule has 1 atom stereocenters. The molecule has 2 N–H and O–H groups in total. The topological polar surface area (TPSA) is 63.0 Å². The molecule has 26 heavy (non-hydrogen) atoms. The van der Waals surface area contributed by atoms with Crippen LogP contribution in [-0.2, 0) is 11.2 Å². The largest absolute Gasteiger partial charge is 0.373 e. The van der Waals surface area contributed by atoms with Gasteiger partial charge in [0, 0.05) is 38.5 Å². The Kier molecular flexibility index (Phi) is 7.69. The molecular formula is C19H30IN5O. The van der Waals surface area contributed by atoms with Crippen molar-refractivity contribution in [3.8, 4) is 0 Å². The quantitative estimate of drug-likeness (QED) is 0.387. The lowest BCUT2D eigenvalue weighted by molar-refractivity contribution is 0.0283. The highest BCUT2D eigenvalue weighted by atomic mass is 127. The summed E-state index contributed by atoms with van der Waals surface area (Å²) in [5, 5.41) is 6.71. The molecule has 144 valence electrons. The molecule has 3 rings (SSSR count). The van der Waals surface area contributed by atoms with E-state index < -0.39 is 0 Å². The minimum Gasteiger partial charge on any atom is -0.373 e. The lowest BCUT2D eigenvalue weighted by Crippen LogP contribution is -2.40. The Morgan fingerprint density at radius 3 is 2.96 bits per heavy atom. The summed E-state index contributed by atoms with van der Waals surface area (Å²) in [7, 11) is 0. The second-order valence-corrected chi connectivity index (χ2v) is 6.93. The average molecular weight is 471 g/mol. The van der Waals surface area contributed by atoms with Gasteiger partial charge in [0.1, 0.15) is 5.65 Å². The van der Waals surface area contributed by atoms with Crippen molar-refractivity contribution in [3.05, 3.63) is 35.8 Å². The summed E-state index contributed by atoms with van der Waals surface area (Å²) in [4.78, 5) is 9.42. The van der Waals surface area contributed by atoms with Crippen LogP contribution in [0.1, 0.15) is 37.9 Å². The molecule has 1 fully saturated rings. The predicted molar refractivity (Wildman–Crippen MR) is 117 cm³/mol. The molecule has 1 aliphatic rings. The van der Waals surface area contributed by atoms with Gasteiger partial charge in [0.25, 0.3) is 0 Å². The highest BCUT2D eigenvalue weighted by Gasteiger charge is 2.29. The van der Waals surface area contributed by atoms with Crippen molar-refractivity contribution >= 4 is 35.6 Å². The van der Waals surface area contributed by atoms with Gasteiger partial charge in [-0.25, -0.2) is 4.98 Å². The van der Waals surface area contributed by atoms with Crippen LogP contribution < -0.4 is 10.6 Å². The number of nitrogens with one attached hydrogen (secondary N) is 2. The molecule has 0 spiro atoms. The fraction of sp³-hybridized carbons (Fsp3) is 0.579. The number of halogens is 1. The van der Waals surface area contributed by atoms with E-state index in [1.807, 2.05) is 12.3 Å². The van der Waals surface area contributed by atoms with Crippen molar-refractivity contribution in [1.29, 1.82) is 0 Å². The number of nitrogens with zero attached hydrogens (tertiary/aromatic N) is 3. The van der Waals surface area contributed by atoms with E-state index in [0.717, 1.165) is 56.3 Å². The van der Waals surface area contributed by atoms with E-state index >= 15 is 0 Å². The second-order valence-electron chi connectivity index (χ2n) is 6.93. The van der Waals surface area contributed by atoms with Gasteiger partial charge >= 0.3 is 0 Å². The molecule has 0 aliphatic carbocycles. The molecule has 0 bridgehead atoms. The SMILES string of the molecule is CCNC(=NCC1(C)CCCO1)NCCc1cn2cccc(C)c2n1.I. The third-order valence-corrected chi connectivity index (χ3v) is 4.62. The third-order valence-electron chi connectivity index (χ3n) is 4.62. The maximum atomic E-state index is 5.81. The molecule has 2 aromatic heterocycles. The molecule has 7 heteroatoms. The first kappa shape index (κ1) is 21.0. The number of pyridine rings is 1. The summed E-state index contributed by atoms with van der Waals surface area (Å²) in [6, 6.07) is 4.14. The fourth-order valence-corrected chi connectivity index (χ4v) is 3.18. The van der Waals surface area contributed by atoms with Crippen molar-refractivity contribution < 1.29 is 4.74 Å². The molecule has 1 aliphatic heterocycles. The molecule has 1 saturated heterocycles. The maximum Gasteiger partial charge on any atom is 0.191 e. The van der Waals surface area contributed by atoms with E-state index in [-0.39, 0.29) is 29.6 Å². The standard InChI is InChI=1S/C19H29N5O.HI/c1-4-20-18(22-14-19(3)9-6-12-25-19)21-10-8-16-13-24-11-5-7-15(2)17(24)23-16;/h5,7,11,13H,4,6,8-10,12,14H2,1-3H3,(H2,20,21,22);1H. The summed E-state index contributed by atoms with van der Waals surface area (Å²) in [5.41, 5.74) is 3.20. The Bertz CT molecular complexity index is 737. The highest BCUT2D eigenvalue weighted by Crippen LogP contribution is 2.24. The lowest BCUT2D eigenvalue weighted by Gasteiger charge is -2.21. The third kappa shape index (κ3) is 5.33. The summed E-state index contributed by atoms with van der Waals surface area (Å²) < 4.78 is 7.90. The molecule has 2 aromatic rings. The summed E-state index contributed by atoms with van der Waals surface area (Å²) in [5.74, 6) is 0.846. The van der Waals surface area contributed by atoms with Crippen molar-refractivity contribution in [2.45, 2.75) is 45.6 Å². The zero-order chi connectivity index (χ0) is 17.7. The van der Waals surface area contributed by atoms with Crippen LogP contribution >= 0.6 is 24.0 Å². The van der Waals surface area contributed by atoms with E-state index in [2.05, 4.69) is 48.1 Å². The number of guanidine groups is 1. The predicted octanol–water partition coefficient (Wildman–Crippen LogP) is 2.93. The van der Waals surface area contributed by atoms with Crippen molar-refractivity contribution in [2.24, 2.45) is 4.99 Å². The summed E-state index contributed by atoms with van der Waals surface area (Å²) in [6.07, 6.45) is 7.21. The monoisotopic (exact) mass is 471 g/mol. The Hall–Kier alpha value is -1.35. The second kappa shape index (κ2) is 9.55. The fourth-order valence-electron chi connectivity index (χ4n) is 3.18. The Balaban J connectivity index is 0.00000243. The van der Waals surface area contributed by atoms with Crippen LogP contribution in [-0.4, -0.2) is 47.2 Å². The molecule has 6 nitrogen and oxygen atoms in total. The molecule has 0 amide bonds. The van der Waals surface area contributed by atoms with Gasteiger partial charge in [-0.3, -0.25) is 4.99 Å². The number of hydrogen-bond donors (Lipinski definition) is 2. The minimum absolute atomic E-state index is 0. The number of aromatic nitrogens is 2. The van der Waals surface area contributed by atoms with Gasteiger partial charge in [-0.1, -0.05) is 6.07 Å². The Morgan fingerprint density at radius 2 is 2.27 bits per heavy atom. The van der Waals surface area contributed by atoms with Crippen molar-refractivity contribution in [2.75, 3.05) is 26.2 Å². The van der Waals surface area contributed by atoms with Crippen molar-refractivity contribution in [3.63, 3.8) is 0 Å². The van der Waals surface area contributed by atoms with Crippen LogP contribution in [0.4, 0.5) is 0 Å². The number of rotatable bonds is 6. The lowest BCUT2D eigenvalue weighted by atomic mass is 10.0. The van der Waals surface area contributed by atoms with Crippen LogP contribution in [0.3, 0.4) is 0 Å². The van der Waals surface area contributed by atoms with Gasteiger partial charge in [0.15, 0.2) is 5.96 Å². The van der Waals surface area contributed by atoms with Crippen LogP contribution in [0, 0.1) is 6.92 Å². The van der Waals surface area contributed by atoms with Crippen LogP contribution in [0.25, 0.3) is 5.65 Å².